The van der Waals surface area contributed by atoms with E-state index in [0.29, 0.717) is 0 Å². The molecule has 4 rings (SSSR count). The van der Waals surface area contributed by atoms with Crippen LogP contribution in [0.3, 0.4) is 0 Å². The highest BCUT2D eigenvalue weighted by Crippen LogP contribution is 2.30. The highest BCUT2D eigenvalue weighted by molar-refractivity contribution is 7.90. The Morgan fingerprint density at radius 2 is 1.81 bits per heavy atom. The van der Waals surface area contributed by atoms with Crippen molar-refractivity contribution in [1.82, 2.24) is 4.57 Å². The van der Waals surface area contributed by atoms with Gasteiger partial charge in [-0.15, -0.1) is 0 Å². The van der Waals surface area contributed by atoms with Crippen molar-refractivity contribution in [1.29, 1.82) is 0 Å². The number of rotatable bonds is 6. The van der Waals surface area contributed by atoms with Gasteiger partial charge in [-0.3, -0.25) is 15.5 Å². The molecule has 0 aliphatic rings. The molecule has 8 nitrogen and oxygen atoms in total. The quantitative estimate of drug-likeness (QED) is 0.271. The van der Waals surface area contributed by atoms with Crippen molar-refractivity contribution in [2.45, 2.75) is 18.4 Å². The summed E-state index contributed by atoms with van der Waals surface area (Å²) in [5.41, 5.74) is 5.51. The maximum absolute atomic E-state index is 11.7. The normalized spacial score (nSPS) is 12.1. The minimum Gasteiger partial charge on any atom is -0.341 e. The largest absolute Gasteiger partial charge is 0.341 e. The number of sulfone groups is 1. The molecule has 0 aliphatic carbocycles. The van der Waals surface area contributed by atoms with Gasteiger partial charge in [-0.1, -0.05) is 24.3 Å². The third kappa shape index (κ3) is 3.87. The lowest BCUT2D eigenvalue weighted by atomic mass is 10.1. The predicted octanol–water partition coefficient (Wildman–Crippen LogP) is 4.57. The molecule has 0 atom stereocenters. The number of hydrogen-bond acceptors (Lipinski definition) is 6. The summed E-state index contributed by atoms with van der Waals surface area (Å²) in [6.45, 7) is 2.96. The van der Waals surface area contributed by atoms with E-state index in [1.807, 2.05) is 30.3 Å². The average molecular weight is 436 g/mol. The maximum Gasteiger partial charge on any atom is 0.295 e. The van der Waals surface area contributed by atoms with Gasteiger partial charge in [0.1, 0.15) is 5.69 Å². The van der Waals surface area contributed by atoms with Crippen LogP contribution in [0.25, 0.3) is 21.8 Å². The molecule has 1 heterocycles. The zero-order valence-corrected chi connectivity index (χ0v) is 17.8. The minimum absolute atomic E-state index is 0.109. The third-order valence-electron chi connectivity index (χ3n) is 5.11. The number of hydrazone groups is 1. The molecule has 1 aromatic heterocycles. The molecule has 0 fully saturated rings. The number of nitro groups is 1. The van der Waals surface area contributed by atoms with Gasteiger partial charge in [0.15, 0.2) is 9.84 Å². The van der Waals surface area contributed by atoms with E-state index in [9.17, 15) is 18.5 Å². The molecule has 0 saturated carbocycles. The van der Waals surface area contributed by atoms with Crippen LogP contribution in [0.4, 0.5) is 11.4 Å². The zero-order chi connectivity index (χ0) is 22.2. The van der Waals surface area contributed by atoms with Crippen molar-refractivity contribution >= 4 is 49.2 Å². The van der Waals surface area contributed by atoms with Crippen molar-refractivity contribution in [2.75, 3.05) is 11.7 Å². The molecule has 0 radical (unpaired) electrons. The highest BCUT2D eigenvalue weighted by atomic mass is 32.2. The molecule has 0 amide bonds. The molecular formula is C22H20N4O4S. The van der Waals surface area contributed by atoms with Crippen LogP contribution in [-0.4, -0.2) is 30.4 Å². The van der Waals surface area contributed by atoms with Gasteiger partial charge in [0, 0.05) is 40.7 Å². The second-order valence-electron chi connectivity index (χ2n) is 7.12. The summed E-state index contributed by atoms with van der Waals surface area (Å²) in [7, 11) is -3.55. The first-order chi connectivity index (χ1) is 14.8. The lowest BCUT2D eigenvalue weighted by Crippen LogP contribution is -2.01. The van der Waals surface area contributed by atoms with E-state index in [2.05, 4.69) is 34.2 Å². The number of fused-ring (bicyclic) bond motifs is 3. The number of nitro benzene ring substituents is 1. The van der Waals surface area contributed by atoms with E-state index in [0.717, 1.165) is 46.2 Å². The van der Waals surface area contributed by atoms with Crippen molar-refractivity contribution in [3.05, 3.63) is 76.3 Å². The van der Waals surface area contributed by atoms with Gasteiger partial charge >= 0.3 is 0 Å². The minimum atomic E-state index is -3.55. The number of benzene rings is 3. The smallest absolute Gasteiger partial charge is 0.295 e. The van der Waals surface area contributed by atoms with Gasteiger partial charge in [0.25, 0.3) is 5.69 Å². The van der Waals surface area contributed by atoms with Crippen molar-refractivity contribution in [3.63, 3.8) is 0 Å². The molecule has 0 unspecified atom stereocenters. The van der Waals surface area contributed by atoms with Crippen molar-refractivity contribution in [3.8, 4) is 0 Å². The molecule has 0 bridgehead atoms. The number of aryl methyl sites for hydroxylation is 1. The lowest BCUT2D eigenvalue weighted by molar-refractivity contribution is -0.384. The van der Waals surface area contributed by atoms with E-state index in [4.69, 9.17) is 0 Å². The summed E-state index contributed by atoms with van der Waals surface area (Å²) in [6, 6.07) is 17.8. The Morgan fingerprint density at radius 3 is 2.52 bits per heavy atom. The summed E-state index contributed by atoms with van der Waals surface area (Å²) in [4.78, 5) is 10.6. The molecule has 9 heteroatoms. The number of anilines is 1. The van der Waals surface area contributed by atoms with Crippen LogP contribution in [0, 0.1) is 10.1 Å². The van der Waals surface area contributed by atoms with Crippen LogP contribution in [0.1, 0.15) is 12.5 Å². The first-order valence-electron chi connectivity index (χ1n) is 9.58. The van der Waals surface area contributed by atoms with Gasteiger partial charge in [0.2, 0.25) is 0 Å². The monoisotopic (exact) mass is 436 g/mol. The summed E-state index contributed by atoms with van der Waals surface area (Å²) in [5.74, 6) is 0. The molecule has 4 aromatic rings. The van der Waals surface area contributed by atoms with Gasteiger partial charge < -0.3 is 4.57 Å². The van der Waals surface area contributed by atoms with Crippen LogP contribution in [0.15, 0.2) is 70.7 Å². The second-order valence-corrected chi connectivity index (χ2v) is 9.13. The van der Waals surface area contributed by atoms with E-state index < -0.39 is 14.8 Å². The van der Waals surface area contributed by atoms with E-state index >= 15 is 0 Å². The molecule has 158 valence electrons. The molecule has 31 heavy (non-hydrogen) atoms. The third-order valence-corrected chi connectivity index (χ3v) is 6.22. The highest BCUT2D eigenvalue weighted by Gasteiger charge is 2.18. The Bertz CT molecular complexity index is 1460. The fourth-order valence-electron chi connectivity index (χ4n) is 3.66. The molecular weight excluding hydrogens is 416 g/mol. The summed E-state index contributed by atoms with van der Waals surface area (Å²) >= 11 is 0. The SMILES string of the molecule is CCn1c2ccccc2c2cc(/C=N/Nc3ccc(S(C)(=O)=O)cc3[N+](=O)[O-])ccc21. The topological polar surface area (TPSA) is 107 Å². The second kappa shape index (κ2) is 7.84. The molecule has 0 saturated heterocycles. The van der Waals surface area contributed by atoms with Gasteiger partial charge in [-0.05, 0) is 42.8 Å². The van der Waals surface area contributed by atoms with Crippen molar-refractivity contribution < 1.29 is 13.3 Å². The Balaban J connectivity index is 1.67. The zero-order valence-electron chi connectivity index (χ0n) is 16.9. The molecule has 1 N–H and O–H groups in total. The van der Waals surface area contributed by atoms with Crippen LogP contribution >= 0.6 is 0 Å². The van der Waals surface area contributed by atoms with Crippen LogP contribution in [-0.2, 0) is 16.4 Å². The van der Waals surface area contributed by atoms with Crippen molar-refractivity contribution in [2.24, 2.45) is 5.10 Å². The fourth-order valence-corrected chi connectivity index (χ4v) is 4.30. The van der Waals surface area contributed by atoms with E-state index in [1.54, 1.807) is 6.21 Å². The van der Waals surface area contributed by atoms with Gasteiger partial charge in [-0.25, -0.2) is 8.42 Å². The molecule has 0 spiro atoms. The van der Waals surface area contributed by atoms with Crippen LogP contribution < -0.4 is 5.43 Å². The number of para-hydroxylation sites is 1. The number of hydrogen-bond donors (Lipinski definition) is 1. The fraction of sp³-hybridized carbons (Fsp3) is 0.136. The van der Waals surface area contributed by atoms with Gasteiger partial charge in [-0.2, -0.15) is 5.10 Å². The Hall–Kier alpha value is -3.72. The Labute approximate surface area is 178 Å². The average Bonchev–Trinajstić information content (AvgIpc) is 3.06. The van der Waals surface area contributed by atoms with E-state index in [-0.39, 0.29) is 16.3 Å². The predicted molar refractivity (Wildman–Crippen MR) is 123 cm³/mol. The number of nitrogens with zero attached hydrogens (tertiary/aromatic N) is 3. The standard InChI is InChI=1S/C22H20N4O4S/c1-3-25-20-7-5-4-6-17(20)18-12-15(8-11-21(18)25)14-23-24-19-10-9-16(31(2,29)30)13-22(19)26(27)28/h4-14,24H,3H2,1-2H3/b23-14+. The maximum atomic E-state index is 11.7. The summed E-state index contributed by atoms with van der Waals surface area (Å²) in [6.07, 6.45) is 2.58. The summed E-state index contributed by atoms with van der Waals surface area (Å²) < 4.78 is 25.6. The Kier molecular flexibility index (Phi) is 5.20. The first kappa shape index (κ1) is 20.5. The molecule has 3 aromatic carbocycles. The Morgan fingerprint density at radius 1 is 1.06 bits per heavy atom. The molecule has 0 aliphatic heterocycles. The van der Waals surface area contributed by atoms with Crippen LogP contribution in [0.2, 0.25) is 0 Å². The lowest BCUT2D eigenvalue weighted by Gasteiger charge is -2.05. The number of aromatic nitrogens is 1. The van der Waals surface area contributed by atoms with E-state index in [1.165, 1.54) is 12.1 Å². The first-order valence-corrected chi connectivity index (χ1v) is 11.5. The summed E-state index contributed by atoms with van der Waals surface area (Å²) in [5, 5.41) is 17.7. The van der Waals surface area contributed by atoms with Gasteiger partial charge in [0.05, 0.1) is 16.0 Å². The number of nitrogens with one attached hydrogen (secondary N) is 1. The van der Waals surface area contributed by atoms with Crippen LogP contribution in [0.5, 0.6) is 0 Å².